The van der Waals surface area contributed by atoms with Gasteiger partial charge < -0.3 is 14.4 Å². The second kappa shape index (κ2) is 8.31. The SMILES string of the molecule is CCOC(=O)c1cc(N2CCN(CCOC)CC2)ncc1Cl. The summed E-state index contributed by atoms with van der Waals surface area (Å²) in [5.41, 5.74) is 0.371. The smallest absolute Gasteiger partial charge is 0.339 e. The number of carbonyl (C=O) groups excluding carboxylic acids is 1. The molecule has 0 saturated carbocycles. The van der Waals surface area contributed by atoms with Crippen molar-refractivity contribution in [2.24, 2.45) is 0 Å². The number of halogens is 1. The first-order chi connectivity index (χ1) is 10.7. The van der Waals surface area contributed by atoms with Crippen LogP contribution < -0.4 is 4.90 Å². The minimum Gasteiger partial charge on any atom is -0.462 e. The molecule has 2 rings (SSSR count). The van der Waals surface area contributed by atoms with Crippen molar-refractivity contribution >= 4 is 23.4 Å². The summed E-state index contributed by atoms with van der Waals surface area (Å²) >= 11 is 6.04. The van der Waals surface area contributed by atoms with Gasteiger partial charge >= 0.3 is 5.97 Å². The minimum atomic E-state index is -0.408. The van der Waals surface area contributed by atoms with E-state index in [4.69, 9.17) is 21.1 Å². The van der Waals surface area contributed by atoms with Crippen molar-refractivity contribution in [3.05, 3.63) is 22.8 Å². The van der Waals surface area contributed by atoms with Crippen LogP contribution in [0.3, 0.4) is 0 Å². The minimum absolute atomic E-state index is 0.320. The topological polar surface area (TPSA) is 54.9 Å². The third-order valence-electron chi connectivity index (χ3n) is 3.64. The maximum Gasteiger partial charge on any atom is 0.339 e. The molecule has 1 fully saturated rings. The molecule has 2 heterocycles. The molecule has 0 aliphatic carbocycles. The zero-order valence-corrected chi connectivity index (χ0v) is 13.8. The van der Waals surface area contributed by atoms with E-state index >= 15 is 0 Å². The van der Waals surface area contributed by atoms with Crippen LogP contribution in [0.15, 0.2) is 12.3 Å². The first-order valence-corrected chi connectivity index (χ1v) is 7.82. The van der Waals surface area contributed by atoms with E-state index in [0.717, 1.165) is 45.1 Å². The van der Waals surface area contributed by atoms with Crippen LogP contribution in [0.5, 0.6) is 0 Å². The second-order valence-electron chi connectivity index (χ2n) is 5.06. The highest BCUT2D eigenvalue weighted by atomic mass is 35.5. The van der Waals surface area contributed by atoms with Crippen LogP contribution in [0.25, 0.3) is 0 Å². The molecule has 1 aliphatic heterocycles. The average molecular weight is 328 g/mol. The summed E-state index contributed by atoms with van der Waals surface area (Å²) in [4.78, 5) is 20.7. The Balaban J connectivity index is 2.01. The van der Waals surface area contributed by atoms with E-state index in [2.05, 4.69) is 14.8 Å². The van der Waals surface area contributed by atoms with Crippen LogP contribution in [0.4, 0.5) is 5.82 Å². The fraction of sp³-hybridized carbons (Fsp3) is 0.600. The third kappa shape index (κ3) is 4.32. The maximum absolute atomic E-state index is 11.9. The maximum atomic E-state index is 11.9. The van der Waals surface area contributed by atoms with Crippen LogP contribution in [0.2, 0.25) is 5.02 Å². The summed E-state index contributed by atoms with van der Waals surface area (Å²) in [6.45, 7) is 7.39. The largest absolute Gasteiger partial charge is 0.462 e. The van der Waals surface area contributed by atoms with Gasteiger partial charge in [-0.05, 0) is 13.0 Å². The van der Waals surface area contributed by atoms with Gasteiger partial charge in [0.1, 0.15) is 5.82 Å². The van der Waals surface area contributed by atoms with Crippen LogP contribution in [-0.4, -0.2) is 68.9 Å². The molecular weight excluding hydrogens is 306 g/mol. The van der Waals surface area contributed by atoms with Crippen molar-refractivity contribution in [2.45, 2.75) is 6.92 Å². The van der Waals surface area contributed by atoms with Crippen molar-refractivity contribution in [2.75, 3.05) is 57.9 Å². The number of ether oxygens (including phenoxy) is 2. The molecule has 0 bridgehead atoms. The van der Waals surface area contributed by atoms with E-state index in [1.54, 1.807) is 20.1 Å². The van der Waals surface area contributed by atoms with Crippen LogP contribution in [-0.2, 0) is 9.47 Å². The van der Waals surface area contributed by atoms with Gasteiger partial charge in [-0.15, -0.1) is 0 Å². The summed E-state index contributed by atoms with van der Waals surface area (Å²) in [5.74, 6) is 0.355. The van der Waals surface area contributed by atoms with Crippen LogP contribution in [0.1, 0.15) is 17.3 Å². The van der Waals surface area contributed by atoms with Gasteiger partial charge in [-0.25, -0.2) is 9.78 Å². The number of hydrogen-bond acceptors (Lipinski definition) is 6. The Labute approximate surface area is 136 Å². The van der Waals surface area contributed by atoms with Gasteiger partial charge in [-0.1, -0.05) is 11.6 Å². The molecule has 0 atom stereocenters. The Morgan fingerprint density at radius 1 is 1.36 bits per heavy atom. The fourth-order valence-electron chi connectivity index (χ4n) is 2.39. The van der Waals surface area contributed by atoms with Crippen molar-refractivity contribution < 1.29 is 14.3 Å². The van der Waals surface area contributed by atoms with Gasteiger partial charge in [-0.3, -0.25) is 4.90 Å². The molecule has 0 spiro atoms. The predicted molar refractivity (Wildman–Crippen MR) is 85.7 cm³/mol. The first-order valence-electron chi connectivity index (χ1n) is 7.44. The monoisotopic (exact) mass is 327 g/mol. The number of esters is 1. The first kappa shape index (κ1) is 17.0. The highest BCUT2D eigenvalue weighted by Gasteiger charge is 2.20. The molecule has 7 heteroatoms. The molecular formula is C15H22ClN3O3. The van der Waals surface area contributed by atoms with Gasteiger partial charge in [-0.2, -0.15) is 0 Å². The number of rotatable bonds is 6. The van der Waals surface area contributed by atoms with Gasteiger partial charge in [0.05, 0.1) is 23.8 Å². The Kier molecular flexibility index (Phi) is 6.42. The number of nitrogens with zero attached hydrogens (tertiary/aromatic N) is 3. The molecule has 0 unspecified atom stereocenters. The number of carbonyl (C=O) groups is 1. The van der Waals surface area contributed by atoms with Crippen molar-refractivity contribution in [3.8, 4) is 0 Å². The number of hydrogen-bond donors (Lipinski definition) is 0. The molecule has 1 aromatic rings. The summed E-state index contributed by atoms with van der Waals surface area (Å²) in [5, 5.41) is 0.320. The fourth-order valence-corrected chi connectivity index (χ4v) is 2.57. The standard InChI is InChI=1S/C15H22ClN3O3/c1-3-22-15(20)12-10-14(17-11-13(12)16)19-6-4-18(5-7-19)8-9-21-2/h10-11H,3-9H2,1-2H3. The molecule has 0 radical (unpaired) electrons. The predicted octanol–water partition coefficient (Wildman–Crippen LogP) is 1.68. The number of anilines is 1. The Hall–Kier alpha value is -1.37. The lowest BCUT2D eigenvalue weighted by molar-refractivity contribution is 0.0526. The number of methoxy groups -OCH3 is 1. The summed E-state index contributed by atoms with van der Waals surface area (Å²) < 4.78 is 10.1. The van der Waals surface area contributed by atoms with Crippen molar-refractivity contribution in [3.63, 3.8) is 0 Å². The Bertz CT molecular complexity index is 505. The van der Waals surface area contributed by atoms with Gasteiger partial charge in [0, 0.05) is 46.0 Å². The van der Waals surface area contributed by atoms with Gasteiger partial charge in [0.2, 0.25) is 0 Å². The number of aromatic nitrogens is 1. The summed E-state index contributed by atoms with van der Waals surface area (Å²) in [7, 11) is 1.71. The quantitative estimate of drug-likeness (QED) is 0.741. The van der Waals surface area contributed by atoms with Crippen molar-refractivity contribution in [1.29, 1.82) is 0 Å². The molecule has 1 saturated heterocycles. The Morgan fingerprint density at radius 3 is 2.73 bits per heavy atom. The van der Waals surface area contributed by atoms with E-state index < -0.39 is 5.97 Å². The van der Waals surface area contributed by atoms with Gasteiger partial charge in [0.25, 0.3) is 0 Å². The molecule has 0 amide bonds. The zero-order chi connectivity index (χ0) is 15.9. The Morgan fingerprint density at radius 2 is 2.09 bits per heavy atom. The molecule has 1 aliphatic rings. The average Bonchev–Trinajstić information content (AvgIpc) is 2.54. The van der Waals surface area contributed by atoms with Crippen molar-refractivity contribution in [1.82, 2.24) is 9.88 Å². The normalized spacial score (nSPS) is 15.9. The molecule has 0 N–H and O–H groups in total. The molecule has 22 heavy (non-hydrogen) atoms. The van der Waals surface area contributed by atoms with E-state index in [9.17, 15) is 4.79 Å². The van der Waals surface area contributed by atoms with Crippen LogP contribution in [0, 0.1) is 0 Å². The molecule has 6 nitrogen and oxygen atoms in total. The summed E-state index contributed by atoms with van der Waals surface area (Å²) in [6, 6.07) is 1.71. The lowest BCUT2D eigenvalue weighted by atomic mass is 10.2. The van der Waals surface area contributed by atoms with Gasteiger partial charge in [0.15, 0.2) is 0 Å². The summed E-state index contributed by atoms with van der Waals surface area (Å²) in [6.07, 6.45) is 1.51. The third-order valence-corrected chi connectivity index (χ3v) is 3.95. The molecule has 0 aromatic carbocycles. The lowest BCUT2D eigenvalue weighted by Crippen LogP contribution is -2.47. The van der Waals surface area contributed by atoms with E-state index in [1.165, 1.54) is 6.20 Å². The van der Waals surface area contributed by atoms with E-state index in [-0.39, 0.29) is 0 Å². The second-order valence-corrected chi connectivity index (χ2v) is 5.47. The molecule has 1 aromatic heterocycles. The zero-order valence-electron chi connectivity index (χ0n) is 13.0. The number of piperazine rings is 1. The number of pyridine rings is 1. The van der Waals surface area contributed by atoms with E-state index in [1.807, 2.05) is 0 Å². The lowest BCUT2D eigenvalue weighted by Gasteiger charge is -2.35. The van der Waals surface area contributed by atoms with E-state index in [0.29, 0.717) is 17.2 Å². The van der Waals surface area contributed by atoms with Crippen LogP contribution >= 0.6 is 11.6 Å². The highest BCUT2D eigenvalue weighted by Crippen LogP contribution is 2.22. The highest BCUT2D eigenvalue weighted by molar-refractivity contribution is 6.33. The molecule has 122 valence electrons.